The minimum absolute atomic E-state index is 0.0889. The number of nitrogens with one attached hydrogen (secondary N) is 1. The number of halogens is 1. The van der Waals surface area contributed by atoms with Gasteiger partial charge in [-0.3, -0.25) is 4.79 Å². The Morgan fingerprint density at radius 2 is 2.22 bits per heavy atom. The fourth-order valence-electron chi connectivity index (χ4n) is 3.04. The summed E-state index contributed by atoms with van der Waals surface area (Å²) in [5, 5.41) is 7.45. The van der Waals surface area contributed by atoms with E-state index in [1.807, 2.05) is 0 Å². The third-order valence-electron chi connectivity index (χ3n) is 4.12. The third-order valence-corrected chi connectivity index (χ3v) is 4.12. The van der Waals surface area contributed by atoms with E-state index in [1.165, 1.54) is 24.5 Å². The second kappa shape index (κ2) is 5.42. The predicted octanol–water partition coefficient (Wildman–Crippen LogP) is 2.47. The van der Waals surface area contributed by atoms with E-state index in [0.29, 0.717) is 29.0 Å². The van der Waals surface area contributed by atoms with Gasteiger partial charge < -0.3 is 9.88 Å². The van der Waals surface area contributed by atoms with Crippen LogP contribution in [0.15, 0.2) is 36.7 Å². The van der Waals surface area contributed by atoms with Crippen LogP contribution in [0.3, 0.4) is 0 Å². The molecule has 1 aromatic carbocycles. The van der Waals surface area contributed by atoms with Crippen LogP contribution in [0.1, 0.15) is 35.1 Å². The molecule has 2 aromatic heterocycles. The van der Waals surface area contributed by atoms with E-state index < -0.39 is 0 Å². The number of fused-ring (bicyclic) bond motifs is 1. The molecule has 0 spiro atoms. The van der Waals surface area contributed by atoms with Gasteiger partial charge in [0.2, 0.25) is 0 Å². The third kappa shape index (κ3) is 2.44. The molecule has 6 nitrogen and oxygen atoms in total. The normalized spacial score (nSPS) is 17.8. The molecule has 0 aliphatic carbocycles. The first-order valence-corrected chi connectivity index (χ1v) is 7.45. The van der Waals surface area contributed by atoms with Crippen LogP contribution in [0.2, 0.25) is 0 Å². The van der Waals surface area contributed by atoms with Gasteiger partial charge in [-0.25, -0.2) is 9.37 Å². The monoisotopic (exact) mass is 311 g/mol. The summed E-state index contributed by atoms with van der Waals surface area (Å²) in [6, 6.07) is 5.95. The number of nitrogens with zero attached hydrogens (tertiary/aromatic N) is 4. The van der Waals surface area contributed by atoms with Gasteiger partial charge in [-0.15, -0.1) is 0 Å². The van der Waals surface area contributed by atoms with Crippen molar-refractivity contribution >= 4 is 16.9 Å². The second-order valence-corrected chi connectivity index (χ2v) is 5.57. The Morgan fingerprint density at radius 1 is 1.30 bits per heavy atom. The molecule has 0 radical (unpaired) electrons. The fourth-order valence-corrected chi connectivity index (χ4v) is 3.04. The first-order valence-electron chi connectivity index (χ1n) is 7.45. The molecule has 116 valence electrons. The molecule has 1 unspecified atom stereocenters. The van der Waals surface area contributed by atoms with Gasteiger partial charge in [0.25, 0.3) is 5.91 Å². The zero-order chi connectivity index (χ0) is 15.8. The van der Waals surface area contributed by atoms with Gasteiger partial charge in [-0.05, 0) is 37.1 Å². The number of likely N-dealkylation sites (tertiary alicyclic amines) is 1. The molecule has 1 saturated heterocycles. The topological polar surface area (TPSA) is 74.8 Å². The smallest absolute Gasteiger partial charge is 0.256 e. The fraction of sp³-hybridized carbons (Fsp3) is 0.250. The molecule has 1 aliphatic rings. The number of hydrogen-bond acceptors (Lipinski definition) is 4. The zero-order valence-electron chi connectivity index (χ0n) is 12.2. The van der Waals surface area contributed by atoms with E-state index >= 15 is 0 Å². The van der Waals surface area contributed by atoms with Crippen LogP contribution in [0.5, 0.6) is 0 Å². The van der Waals surface area contributed by atoms with Crippen molar-refractivity contribution in [2.24, 2.45) is 0 Å². The minimum Gasteiger partial charge on any atom is -0.340 e. The van der Waals surface area contributed by atoms with Crippen LogP contribution in [0.25, 0.3) is 11.0 Å². The number of aromatic nitrogens is 4. The summed E-state index contributed by atoms with van der Waals surface area (Å²) >= 11 is 0. The van der Waals surface area contributed by atoms with Gasteiger partial charge in [0.1, 0.15) is 11.6 Å². The number of H-pyrrole nitrogens is 1. The van der Waals surface area contributed by atoms with E-state index in [9.17, 15) is 9.18 Å². The molecule has 3 heterocycles. The summed E-state index contributed by atoms with van der Waals surface area (Å²) in [6.45, 7) is 0.664. The Balaban J connectivity index is 1.67. The highest BCUT2D eigenvalue weighted by atomic mass is 19.1. The Labute approximate surface area is 131 Å². The molecule has 1 amide bonds. The Hall–Kier alpha value is -2.83. The van der Waals surface area contributed by atoms with Gasteiger partial charge >= 0.3 is 0 Å². The van der Waals surface area contributed by atoms with Crippen LogP contribution < -0.4 is 0 Å². The maximum absolute atomic E-state index is 13.3. The van der Waals surface area contributed by atoms with E-state index in [4.69, 9.17) is 0 Å². The van der Waals surface area contributed by atoms with Gasteiger partial charge in [-0.1, -0.05) is 0 Å². The molecular weight excluding hydrogens is 297 g/mol. The minimum atomic E-state index is -0.310. The van der Waals surface area contributed by atoms with Crippen LogP contribution >= 0.6 is 0 Å². The summed E-state index contributed by atoms with van der Waals surface area (Å²) < 4.78 is 13.3. The highest BCUT2D eigenvalue weighted by Crippen LogP contribution is 2.32. The van der Waals surface area contributed by atoms with Crippen molar-refractivity contribution in [3.05, 3.63) is 53.9 Å². The van der Waals surface area contributed by atoms with Crippen molar-refractivity contribution in [3.8, 4) is 0 Å². The first kappa shape index (κ1) is 13.8. The average molecular weight is 311 g/mol. The van der Waals surface area contributed by atoms with E-state index in [2.05, 4.69) is 20.2 Å². The molecule has 1 N–H and O–H groups in total. The van der Waals surface area contributed by atoms with Crippen molar-refractivity contribution in [2.45, 2.75) is 18.9 Å². The Bertz CT molecular complexity index is 863. The van der Waals surface area contributed by atoms with Crippen LogP contribution in [0, 0.1) is 5.82 Å². The predicted molar refractivity (Wildman–Crippen MR) is 81.1 cm³/mol. The molecule has 3 aromatic rings. The lowest BCUT2D eigenvalue weighted by Gasteiger charge is -2.23. The van der Waals surface area contributed by atoms with Gasteiger partial charge in [-0.2, -0.15) is 10.2 Å². The maximum Gasteiger partial charge on any atom is 0.256 e. The number of amides is 1. The summed E-state index contributed by atoms with van der Waals surface area (Å²) in [7, 11) is 0. The summed E-state index contributed by atoms with van der Waals surface area (Å²) in [4.78, 5) is 22.1. The molecule has 4 rings (SSSR count). The molecular formula is C16H14FN5O. The van der Waals surface area contributed by atoms with Crippen molar-refractivity contribution in [2.75, 3.05) is 6.54 Å². The number of benzene rings is 1. The summed E-state index contributed by atoms with van der Waals surface area (Å²) in [6.07, 6.45) is 4.70. The quantitative estimate of drug-likeness (QED) is 0.789. The lowest BCUT2D eigenvalue weighted by molar-refractivity contribution is 0.0730. The lowest BCUT2D eigenvalue weighted by atomic mass is 10.2. The number of carbonyl (C=O) groups excluding carboxylic acids is 1. The first-order chi connectivity index (χ1) is 11.2. The molecule has 23 heavy (non-hydrogen) atoms. The number of carbonyl (C=O) groups is 1. The SMILES string of the molecule is O=C(c1ccnnc1)N1CCCC1c1nc2ccc(F)cc2[nH]1. The zero-order valence-corrected chi connectivity index (χ0v) is 12.2. The summed E-state index contributed by atoms with van der Waals surface area (Å²) in [5.41, 5.74) is 1.85. The lowest BCUT2D eigenvalue weighted by Crippen LogP contribution is -2.31. The standard InChI is InChI=1S/C16H14FN5O/c17-11-3-4-12-13(8-11)21-15(20-12)14-2-1-7-22(14)16(23)10-5-6-18-19-9-10/h3-6,8-9,14H,1-2,7H2,(H,20,21). The van der Waals surface area contributed by atoms with Crippen LogP contribution in [-0.4, -0.2) is 37.5 Å². The Morgan fingerprint density at radius 3 is 3.04 bits per heavy atom. The van der Waals surface area contributed by atoms with Crippen molar-refractivity contribution in [1.29, 1.82) is 0 Å². The van der Waals surface area contributed by atoms with Crippen molar-refractivity contribution in [3.63, 3.8) is 0 Å². The van der Waals surface area contributed by atoms with Crippen LogP contribution in [0.4, 0.5) is 4.39 Å². The highest BCUT2D eigenvalue weighted by molar-refractivity contribution is 5.94. The highest BCUT2D eigenvalue weighted by Gasteiger charge is 2.32. The molecule has 0 saturated carbocycles. The Kier molecular flexibility index (Phi) is 3.25. The van der Waals surface area contributed by atoms with Gasteiger partial charge in [0.15, 0.2) is 0 Å². The van der Waals surface area contributed by atoms with Gasteiger partial charge in [0.05, 0.1) is 35.0 Å². The molecule has 1 atom stereocenters. The molecule has 7 heteroatoms. The molecule has 0 bridgehead atoms. The van der Waals surface area contributed by atoms with E-state index in [-0.39, 0.29) is 17.8 Å². The van der Waals surface area contributed by atoms with Crippen molar-refractivity contribution < 1.29 is 9.18 Å². The number of rotatable bonds is 2. The van der Waals surface area contributed by atoms with Gasteiger partial charge in [0, 0.05) is 6.54 Å². The van der Waals surface area contributed by atoms with E-state index in [0.717, 1.165) is 12.8 Å². The second-order valence-electron chi connectivity index (χ2n) is 5.57. The van der Waals surface area contributed by atoms with Crippen molar-refractivity contribution in [1.82, 2.24) is 25.1 Å². The number of hydrogen-bond donors (Lipinski definition) is 1. The molecule has 1 fully saturated rings. The van der Waals surface area contributed by atoms with Crippen LogP contribution in [-0.2, 0) is 0 Å². The summed E-state index contributed by atoms with van der Waals surface area (Å²) in [5.74, 6) is 0.294. The molecule has 1 aliphatic heterocycles. The largest absolute Gasteiger partial charge is 0.340 e. The number of imidazole rings is 1. The maximum atomic E-state index is 13.3. The average Bonchev–Trinajstić information content (AvgIpc) is 3.20. The van der Waals surface area contributed by atoms with E-state index in [1.54, 1.807) is 17.0 Å². The number of aromatic amines is 1.